The Bertz CT molecular complexity index is 877. The van der Waals surface area contributed by atoms with Crippen molar-refractivity contribution in [1.82, 2.24) is 25.3 Å². The predicted molar refractivity (Wildman–Crippen MR) is 91.8 cm³/mol. The van der Waals surface area contributed by atoms with Gasteiger partial charge in [0.2, 0.25) is 0 Å². The molecule has 7 heteroatoms. The Balaban J connectivity index is 1.40. The van der Waals surface area contributed by atoms with E-state index in [-0.39, 0.29) is 5.91 Å². The molecular weight excluding hydrogens is 318 g/mol. The van der Waals surface area contributed by atoms with Gasteiger partial charge in [-0.2, -0.15) is 0 Å². The Morgan fingerprint density at radius 2 is 2.12 bits per heavy atom. The SMILES string of the molecule is COc1ccc(-n2cc(CNC(=O)c3cc[nH]c3C3CC3)nn2)cc1. The summed E-state index contributed by atoms with van der Waals surface area (Å²) in [4.78, 5) is 15.6. The van der Waals surface area contributed by atoms with Crippen molar-refractivity contribution in [3.05, 3.63) is 59.7 Å². The molecule has 0 bridgehead atoms. The van der Waals surface area contributed by atoms with Crippen LogP contribution in [0.25, 0.3) is 5.69 Å². The number of rotatable bonds is 6. The molecule has 1 aliphatic rings. The van der Waals surface area contributed by atoms with Gasteiger partial charge in [-0.1, -0.05) is 5.21 Å². The Morgan fingerprint density at radius 1 is 1.32 bits per heavy atom. The highest BCUT2D eigenvalue weighted by Gasteiger charge is 2.29. The number of aromatic nitrogens is 4. The van der Waals surface area contributed by atoms with E-state index >= 15 is 0 Å². The number of carbonyl (C=O) groups is 1. The number of benzene rings is 1. The van der Waals surface area contributed by atoms with Crippen LogP contribution in [0, 0.1) is 0 Å². The van der Waals surface area contributed by atoms with E-state index in [0.717, 1.165) is 35.5 Å². The van der Waals surface area contributed by atoms with E-state index < -0.39 is 0 Å². The molecule has 1 saturated carbocycles. The summed E-state index contributed by atoms with van der Waals surface area (Å²) >= 11 is 0. The summed E-state index contributed by atoms with van der Waals surface area (Å²) in [7, 11) is 1.63. The highest BCUT2D eigenvalue weighted by molar-refractivity contribution is 5.95. The lowest BCUT2D eigenvalue weighted by Gasteiger charge is -2.04. The van der Waals surface area contributed by atoms with E-state index in [2.05, 4.69) is 20.6 Å². The van der Waals surface area contributed by atoms with Crippen LogP contribution in [0.4, 0.5) is 0 Å². The number of carbonyl (C=O) groups excluding carboxylic acids is 1. The van der Waals surface area contributed by atoms with Gasteiger partial charge in [0, 0.05) is 11.9 Å². The highest BCUT2D eigenvalue weighted by atomic mass is 16.5. The molecule has 1 fully saturated rings. The van der Waals surface area contributed by atoms with E-state index in [1.165, 1.54) is 0 Å². The molecule has 1 amide bonds. The molecule has 0 aliphatic heterocycles. The highest BCUT2D eigenvalue weighted by Crippen LogP contribution is 2.40. The van der Waals surface area contributed by atoms with Crippen LogP contribution in [0.15, 0.2) is 42.7 Å². The quantitative estimate of drug-likeness (QED) is 0.723. The molecule has 7 nitrogen and oxygen atoms in total. The van der Waals surface area contributed by atoms with Crippen molar-refractivity contribution < 1.29 is 9.53 Å². The second-order valence-electron chi connectivity index (χ2n) is 6.11. The van der Waals surface area contributed by atoms with Gasteiger partial charge < -0.3 is 15.0 Å². The number of methoxy groups -OCH3 is 1. The van der Waals surface area contributed by atoms with Crippen molar-refractivity contribution >= 4 is 5.91 Å². The first-order valence-electron chi connectivity index (χ1n) is 8.25. The van der Waals surface area contributed by atoms with Gasteiger partial charge in [-0.15, -0.1) is 5.10 Å². The molecule has 1 aliphatic carbocycles. The van der Waals surface area contributed by atoms with Crippen molar-refractivity contribution in [3.8, 4) is 11.4 Å². The number of amides is 1. The van der Waals surface area contributed by atoms with Crippen LogP contribution in [-0.2, 0) is 6.54 Å². The zero-order chi connectivity index (χ0) is 17.2. The van der Waals surface area contributed by atoms with Crippen LogP contribution in [0.5, 0.6) is 5.75 Å². The molecule has 0 unspecified atom stereocenters. The largest absolute Gasteiger partial charge is 0.497 e. The lowest BCUT2D eigenvalue weighted by molar-refractivity contribution is 0.0949. The first kappa shape index (κ1) is 15.4. The maximum atomic E-state index is 12.4. The lowest BCUT2D eigenvalue weighted by Crippen LogP contribution is -2.23. The number of H-pyrrole nitrogens is 1. The van der Waals surface area contributed by atoms with Crippen LogP contribution in [0.2, 0.25) is 0 Å². The molecular formula is C18H19N5O2. The average Bonchev–Trinajstić information content (AvgIpc) is 3.19. The summed E-state index contributed by atoms with van der Waals surface area (Å²) in [5, 5.41) is 11.1. The number of hydrogen-bond donors (Lipinski definition) is 2. The van der Waals surface area contributed by atoms with Gasteiger partial charge in [-0.25, -0.2) is 4.68 Å². The molecule has 0 radical (unpaired) electrons. The summed E-state index contributed by atoms with van der Waals surface area (Å²) in [6.07, 6.45) is 5.93. The zero-order valence-corrected chi connectivity index (χ0v) is 13.9. The van der Waals surface area contributed by atoms with Crippen LogP contribution in [0.1, 0.15) is 40.5 Å². The third-order valence-corrected chi connectivity index (χ3v) is 4.32. The number of hydrogen-bond acceptors (Lipinski definition) is 4. The van der Waals surface area contributed by atoms with Gasteiger partial charge in [-0.3, -0.25) is 4.79 Å². The molecule has 25 heavy (non-hydrogen) atoms. The first-order valence-corrected chi connectivity index (χ1v) is 8.25. The standard InChI is InChI=1S/C18H19N5O2/c1-25-15-6-4-14(5-7-15)23-11-13(21-22-23)10-20-18(24)16-8-9-19-17(16)12-2-3-12/h4-9,11-12,19H,2-3,10H2,1H3,(H,20,24). The smallest absolute Gasteiger partial charge is 0.253 e. The third kappa shape index (κ3) is 3.26. The van der Waals surface area contributed by atoms with E-state index in [4.69, 9.17) is 4.74 Å². The summed E-state index contributed by atoms with van der Waals surface area (Å²) in [5.74, 6) is 1.21. The molecule has 0 spiro atoms. The second-order valence-corrected chi connectivity index (χ2v) is 6.11. The van der Waals surface area contributed by atoms with Crippen molar-refractivity contribution in [2.75, 3.05) is 7.11 Å². The second kappa shape index (κ2) is 6.43. The van der Waals surface area contributed by atoms with Gasteiger partial charge in [0.15, 0.2) is 0 Å². The number of aromatic amines is 1. The normalized spacial score (nSPS) is 13.6. The Labute approximate surface area is 145 Å². The Kier molecular flexibility index (Phi) is 3.97. The minimum absolute atomic E-state index is 0.0813. The van der Waals surface area contributed by atoms with Crippen molar-refractivity contribution in [2.45, 2.75) is 25.3 Å². The molecule has 3 aromatic rings. The van der Waals surface area contributed by atoms with Gasteiger partial charge in [0.25, 0.3) is 5.91 Å². The van der Waals surface area contributed by atoms with Gasteiger partial charge in [0.05, 0.1) is 31.1 Å². The molecule has 0 atom stereocenters. The monoisotopic (exact) mass is 337 g/mol. The minimum Gasteiger partial charge on any atom is -0.497 e. The summed E-state index contributed by atoms with van der Waals surface area (Å²) < 4.78 is 6.82. The van der Waals surface area contributed by atoms with E-state index in [0.29, 0.717) is 18.2 Å². The molecule has 1 aromatic carbocycles. The van der Waals surface area contributed by atoms with Crippen molar-refractivity contribution in [2.24, 2.45) is 0 Å². The van der Waals surface area contributed by atoms with Gasteiger partial charge in [-0.05, 0) is 49.1 Å². The number of nitrogens with one attached hydrogen (secondary N) is 2. The Hall–Kier alpha value is -3.09. The Morgan fingerprint density at radius 3 is 2.84 bits per heavy atom. The molecule has 4 rings (SSSR count). The maximum Gasteiger partial charge on any atom is 0.253 e. The summed E-state index contributed by atoms with van der Waals surface area (Å²) in [6, 6.07) is 9.36. The van der Waals surface area contributed by atoms with Gasteiger partial charge >= 0.3 is 0 Å². The van der Waals surface area contributed by atoms with Crippen molar-refractivity contribution in [3.63, 3.8) is 0 Å². The average molecular weight is 337 g/mol. The summed E-state index contributed by atoms with van der Waals surface area (Å²) in [6.45, 7) is 0.338. The number of nitrogens with zero attached hydrogens (tertiary/aromatic N) is 3. The molecule has 2 aromatic heterocycles. The fourth-order valence-corrected chi connectivity index (χ4v) is 2.80. The van der Waals surface area contributed by atoms with Crippen LogP contribution in [0.3, 0.4) is 0 Å². The van der Waals surface area contributed by atoms with Crippen LogP contribution < -0.4 is 10.1 Å². The lowest BCUT2D eigenvalue weighted by atomic mass is 10.1. The van der Waals surface area contributed by atoms with Crippen LogP contribution in [-0.4, -0.2) is 33.0 Å². The molecule has 128 valence electrons. The van der Waals surface area contributed by atoms with Gasteiger partial charge in [0.1, 0.15) is 11.4 Å². The molecule has 0 saturated heterocycles. The predicted octanol–water partition coefficient (Wildman–Crippen LogP) is 2.41. The van der Waals surface area contributed by atoms with E-state index in [9.17, 15) is 4.79 Å². The van der Waals surface area contributed by atoms with Crippen LogP contribution >= 0.6 is 0 Å². The zero-order valence-electron chi connectivity index (χ0n) is 13.9. The summed E-state index contributed by atoms with van der Waals surface area (Å²) in [5.41, 5.74) is 3.35. The fraction of sp³-hybridized carbons (Fsp3) is 0.278. The first-order chi connectivity index (χ1) is 12.2. The topological polar surface area (TPSA) is 84.8 Å². The maximum absolute atomic E-state index is 12.4. The van der Waals surface area contributed by atoms with Crippen molar-refractivity contribution in [1.29, 1.82) is 0 Å². The van der Waals surface area contributed by atoms with E-state index in [1.54, 1.807) is 18.0 Å². The minimum atomic E-state index is -0.0813. The fourth-order valence-electron chi connectivity index (χ4n) is 2.80. The third-order valence-electron chi connectivity index (χ3n) is 4.32. The molecule has 2 N–H and O–H groups in total. The number of ether oxygens (including phenoxy) is 1. The van der Waals surface area contributed by atoms with E-state index in [1.807, 2.05) is 36.5 Å². The molecule has 2 heterocycles.